The third-order valence-electron chi connectivity index (χ3n) is 5.51. The van der Waals surface area contributed by atoms with Gasteiger partial charge in [-0.3, -0.25) is 14.0 Å². The number of benzene rings is 1. The molecule has 3 aromatic rings. The predicted octanol–water partition coefficient (Wildman–Crippen LogP) is 3.80. The number of carbonyl (C=O) groups excluding carboxylic acids is 1. The van der Waals surface area contributed by atoms with E-state index in [1.165, 1.54) is 12.4 Å². The molecule has 1 saturated carbocycles. The number of alkyl halides is 3. The summed E-state index contributed by atoms with van der Waals surface area (Å²) >= 11 is 0. The number of carboxylic acids is 1. The van der Waals surface area contributed by atoms with Gasteiger partial charge >= 0.3 is 12.1 Å². The molecule has 2 aromatic heterocycles. The molecular weight excluding hydrogens is 425 g/mol. The fourth-order valence-electron chi connectivity index (χ4n) is 3.77. The van der Waals surface area contributed by atoms with Crippen LogP contribution in [-0.4, -0.2) is 43.0 Å². The van der Waals surface area contributed by atoms with Crippen LogP contribution in [0.25, 0.3) is 16.8 Å². The standard InChI is InChI=1S/C22H21F3N4O3/c1-2-28(21(32)14-3-4-14)11-15-9-16(22(23,24)25)5-6-17(15)18-7-13(8-19(30)31)10-29-12-26-27-20(18)29/h5-7,9-10,12,14H,2-4,8,11H2,1H3,(H,30,31). The Hall–Kier alpha value is -3.43. The number of hydrogen-bond acceptors (Lipinski definition) is 4. The van der Waals surface area contributed by atoms with E-state index in [9.17, 15) is 27.9 Å². The zero-order valence-electron chi connectivity index (χ0n) is 17.3. The van der Waals surface area contributed by atoms with Gasteiger partial charge in [0.05, 0.1) is 12.0 Å². The van der Waals surface area contributed by atoms with Crippen molar-refractivity contribution < 1.29 is 27.9 Å². The van der Waals surface area contributed by atoms with E-state index in [1.807, 2.05) is 0 Å². The predicted molar refractivity (Wildman–Crippen MR) is 109 cm³/mol. The van der Waals surface area contributed by atoms with Gasteiger partial charge in [0.25, 0.3) is 0 Å². The highest BCUT2D eigenvalue weighted by Gasteiger charge is 2.34. The Bertz CT molecular complexity index is 1180. The van der Waals surface area contributed by atoms with E-state index in [1.54, 1.807) is 28.5 Å². The van der Waals surface area contributed by atoms with E-state index in [-0.39, 0.29) is 24.8 Å². The van der Waals surface area contributed by atoms with Gasteiger partial charge in [-0.1, -0.05) is 6.07 Å². The Labute approximate surface area is 181 Å². The molecule has 4 rings (SSSR count). The van der Waals surface area contributed by atoms with E-state index in [0.717, 1.165) is 25.0 Å². The zero-order chi connectivity index (χ0) is 23.0. The Kier molecular flexibility index (Phi) is 5.62. The van der Waals surface area contributed by atoms with Crippen LogP contribution < -0.4 is 0 Å². The van der Waals surface area contributed by atoms with Gasteiger partial charge in [-0.25, -0.2) is 0 Å². The summed E-state index contributed by atoms with van der Waals surface area (Å²) in [6, 6.07) is 4.98. The largest absolute Gasteiger partial charge is 0.481 e. The smallest absolute Gasteiger partial charge is 0.416 e. The average molecular weight is 446 g/mol. The monoisotopic (exact) mass is 446 g/mol. The summed E-state index contributed by atoms with van der Waals surface area (Å²) in [5, 5.41) is 17.1. The lowest BCUT2D eigenvalue weighted by Gasteiger charge is -2.23. The molecule has 168 valence electrons. The van der Waals surface area contributed by atoms with Gasteiger partial charge < -0.3 is 10.0 Å². The molecule has 0 aliphatic heterocycles. The van der Waals surface area contributed by atoms with Crippen molar-refractivity contribution in [3.8, 4) is 11.1 Å². The summed E-state index contributed by atoms with van der Waals surface area (Å²) in [7, 11) is 0. The van der Waals surface area contributed by atoms with E-state index in [2.05, 4.69) is 10.2 Å². The van der Waals surface area contributed by atoms with Gasteiger partial charge in [-0.2, -0.15) is 13.2 Å². The lowest BCUT2D eigenvalue weighted by molar-refractivity contribution is -0.138. The number of aliphatic carboxylic acids is 1. The maximum absolute atomic E-state index is 13.5. The minimum atomic E-state index is -4.54. The lowest BCUT2D eigenvalue weighted by atomic mass is 9.96. The van der Waals surface area contributed by atoms with E-state index < -0.39 is 17.7 Å². The summed E-state index contributed by atoms with van der Waals surface area (Å²) in [6.45, 7) is 2.16. The Morgan fingerprint density at radius 2 is 1.97 bits per heavy atom. The third kappa shape index (κ3) is 4.44. The summed E-state index contributed by atoms with van der Waals surface area (Å²) in [4.78, 5) is 25.4. The number of nitrogens with zero attached hydrogens (tertiary/aromatic N) is 4. The molecule has 0 spiro atoms. The maximum atomic E-state index is 13.5. The molecule has 0 bridgehead atoms. The summed E-state index contributed by atoms with van der Waals surface area (Å²) in [6.07, 6.45) is -0.238. The van der Waals surface area contributed by atoms with Gasteiger partial charge in [-0.15, -0.1) is 10.2 Å². The molecule has 1 amide bonds. The maximum Gasteiger partial charge on any atom is 0.416 e. The van der Waals surface area contributed by atoms with Gasteiger partial charge in [0.1, 0.15) is 6.33 Å². The van der Waals surface area contributed by atoms with Crippen LogP contribution in [0, 0.1) is 5.92 Å². The molecule has 1 aliphatic rings. The average Bonchev–Trinajstić information content (AvgIpc) is 3.47. The fraction of sp³-hybridized carbons (Fsp3) is 0.364. The molecule has 32 heavy (non-hydrogen) atoms. The van der Waals surface area contributed by atoms with E-state index in [4.69, 9.17) is 0 Å². The molecule has 0 atom stereocenters. The SMILES string of the molecule is CCN(Cc1cc(C(F)(F)F)ccc1-c1cc(CC(=O)O)cn2cnnc12)C(=O)C1CC1. The van der Waals surface area contributed by atoms with Crippen LogP contribution in [0.1, 0.15) is 36.5 Å². The second kappa shape index (κ2) is 8.25. The molecule has 0 saturated heterocycles. The van der Waals surface area contributed by atoms with Crippen LogP contribution in [-0.2, 0) is 28.7 Å². The minimum Gasteiger partial charge on any atom is -0.481 e. The quantitative estimate of drug-likeness (QED) is 0.597. The number of hydrogen-bond donors (Lipinski definition) is 1. The molecule has 1 N–H and O–H groups in total. The molecule has 1 aromatic carbocycles. The first-order valence-electron chi connectivity index (χ1n) is 10.2. The number of aromatic nitrogens is 3. The van der Waals surface area contributed by atoms with Gasteiger partial charge in [0.2, 0.25) is 5.91 Å². The van der Waals surface area contributed by atoms with Crippen molar-refractivity contribution in [1.82, 2.24) is 19.5 Å². The van der Waals surface area contributed by atoms with Crippen molar-refractivity contribution in [3.05, 3.63) is 53.5 Å². The lowest BCUT2D eigenvalue weighted by Crippen LogP contribution is -2.31. The Morgan fingerprint density at radius 1 is 1.22 bits per heavy atom. The molecule has 0 unspecified atom stereocenters. The normalized spacial score (nSPS) is 14.0. The first kappa shape index (κ1) is 21.8. The second-order valence-corrected chi connectivity index (χ2v) is 7.89. The van der Waals surface area contributed by atoms with E-state index in [0.29, 0.717) is 34.4 Å². The second-order valence-electron chi connectivity index (χ2n) is 7.89. The van der Waals surface area contributed by atoms with Crippen molar-refractivity contribution in [3.63, 3.8) is 0 Å². The number of amides is 1. The first-order chi connectivity index (χ1) is 15.2. The van der Waals surface area contributed by atoms with Crippen molar-refractivity contribution in [1.29, 1.82) is 0 Å². The number of pyridine rings is 1. The van der Waals surface area contributed by atoms with Crippen molar-refractivity contribution >= 4 is 17.5 Å². The van der Waals surface area contributed by atoms with Gasteiger partial charge in [-0.05, 0) is 54.7 Å². The molecule has 2 heterocycles. The third-order valence-corrected chi connectivity index (χ3v) is 5.51. The number of carbonyl (C=O) groups is 2. The van der Waals surface area contributed by atoms with Crippen LogP contribution in [0.3, 0.4) is 0 Å². The van der Waals surface area contributed by atoms with Crippen LogP contribution in [0.5, 0.6) is 0 Å². The molecule has 1 aliphatic carbocycles. The van der Waals surface area contributed by atoms with Crippen LogP contribution in [0.4, 0.5) is 13.2 Å². The van der Waals surface area contributed by atoms with Crippen LogP contribution in [0.15, 0.2) is 36.8 Å². The summed E-state index contributed by atoms with van der Waals surface area (Å²) < 4.78 is 41.9. The number of carboxylic acid groups (broad SMARTS) is 1. The topological polar surface area (TPSA) is 87.8 Å². The number of halogens is 3. The highest BCUT2D eigenvalue weighted by molar-refractivity contribution is 5.83. The molecular formula is C22H21F3N4O3. The Morgan fingerprint density at radius 3 is 2.59 bits per heavy atom. The summed E-state index contributed by atoms with van der Waals surface area (Å²) in [5.74, 6) is -1.17. The molecule has 1 fully saturated rings. The Balaban J connectivity index is 1.85. The minimum absolute atomic E-state index is 0.00847. The van der Waals surface area contributed by atoms with Crippen molar-refractivity contribution in [2.24, 2.45) is 5.92 Å². The van der Waals surface area contributed by atoms with Crippen molar-refractivity contribution in [2.45, 2.75) is 38.9 Å². The van der Waals surface area contributed by atoms with Gasteiger partial charge in [0.15, 0.2) is 5.65 Å². The van der Waals surface area contributed by atoms with Crippen LogP contribution in [0.2, 0.25) is 0 Å². The highest BCUT2D eigenvalue weighted by atomic mass is 19.4. The van der Waals surface area contributed by atoms with E-state index >= 15 is 0 Å². The summed E-state index contributed by atoms with van der Waals surface area (Å²) in [5.41, 5.74) is 1.24. The number of fused-ring (bicyclic) bond motifs is 1. The molecule has 7 nitrogen and oxygen atoms in total. The zero-order valence-corrected chi connectivity index (χ0v) is 17.3. The number of rotatable bonds is 7. The van der Waals surface area contributed by atoms with Gasteiger partial charge in [0, 0.05) is 30.8 Å². The molecule has 10 heteroatoms. The fourth-order valence-corrected chi connectivity index (χ4v) is 3.77. The van der Waals surface area contributed by atoms with Crippen LogP contribution >= 0.6 is 0 Å². The highest BCUT2D eigenvalue weighted by Crippen LogP contribution is 2.37. The molecule has 0 radical (unpaired) electrons. The van der Waals surface area contributed by atoms with Crippen molar-refractivity contribution in [2.75, 3.05) is 6.54 Å². The first-order valence-corrected chi connectivity index (χ1v) is 10.2.